The lowest BCUT2D eigenvalue weighted by Crippen LogP contribution is -2.43. The Labute approximate surface area is 166 Å². The Morgan fingerprint density at radius 2 is 1.89 bits per heavy atom. The summed E-state index contributed by atoms with van der Waals surface area (Å²) in [5.41, 5.74) is 2.62. The monoisotopic (exact) mass is 402 g/mol. The zero-order valence-corrected chi connectivity index (χ0v) is 17.3. The van der Waals surface area contributed by atoms with E-state index in [2.05, 4.69) is 5.32 Å². The van der Waals surface area contributed by atoms with E-state index in [0.29, 0.717) is 25.1 Å². The minimum absolute atomic E-state index is 0.148. The first kappa shape index (κ1) is 20.4. The van der Waals surface area contributed by atoms with Crippen LogP contribution in [0.1, 0.15) is 24.0 Å². The quantitative estimate of drug-likeness (QED) is 0.832. The molecule has 2 aromatic carbocycles. The molecule has 0 aromatic heterocycles. The number of amides is 1. The predicted molar refractivity (Wildman–Crippen MR) is 109 cm³/mol. The van der Waals surface area contributed by atoms with Gasteiger partial charge in [0.05, 0.1) is 13.0 Å². The van der Waals surface area contributed by atoms with Crippen molar-refractivity contribution in [1.29, 1.82) is 0 Å². The SMILES string of the molecule is COc1ccc(C)cc1S(=O)(=O)N1CCC[C@@H](C(=O)Nc2cccc(C)c2)C1. The number of hydrogen-bond donors (Lipinski definition) is 1. The van der Waals surface area contributed by atoms with Gasteiger partial charge in [-0.05, 0) is 62.1 Å². The van der Waals surface area contributed by atoms with Crippen LogP contribution >= 0.6 is 0 Å². The molecule has 3 rings (SSSR count). The van der Waals surface area contributed by atoms with Crippen LogP contribution in [0.15, 0.2) is 47.4 Å². The Kier molecular flexibility index (Phi) is 6.05. The lowest BCUT2D eigenvalue weighted by Gasteiger charge is -2.31. The van der Waals surface area contributed by atoms with Crippen LogP contribution < -0.4 is 10.1 Å². The van der Waals surface area contributed by atoms with Gasteiger partial charge in [0.1, 0.15) is 10.6 Å². The summed E-state index contributed by atoms with van der Waals surface area (Å²) in [5, 5.41) is 2.91. The lowest BCUT2D eigenvalue weighted by atomic mass is 9.98. The van der Waals surface area contributed by atoms with E-state index >= 15 is 0 Å². The van der Waals surface area contributed by atoms with Crippen LogP contribution in [0.3, 0.4) is 0 Å². The molecule has 0 unspecified atom stereocenters. The van der Waals surface area contributed by atoms with Crippen LogP contribution in [0.4, 0.5) is 5.69 Å². The van der Waals surface area contributed by atoms with Crippen molar-refractivity contribution in [1.82, 2.24) is 4.31 Å². The molecular weight excluding hydrogens is 376 g/mol. The lowest BCUT2D eigenvalue weighted by molar-refractivity contribution is -0.120. The smallest absolute Gasteiger partial charge is 0.246 e. The van der Waals surface area contributed by atoms with E-state index in [1.807, 2.05) is 44.2 Å². The number of nitrogens with zero attached hydrogens (tertiary/aromatic N) is 1. The summed E-state index contributed by atoms with van der Waals surface area (Å²) in [7, 11) is -2.29. The van der Waals surface area contributed by atoms with Crippen molar-refractivity contribution in [3.05, 3.63) is 53.6 Å². The van der Waals surface area contributed by atoms with Gasteiger partial charge in [-0.15, -0.1) is 0 Å². The third-order valence-electron chi connectivity index (χ3n) is 4.98. The van der Waals surface area contributed by atoms with Crippen molar-refractivity contribution in [2.24, 2.45) is 5.92 Å². The molecule has 0 radical (unpaired) electrons. The number of sulfonamides is 1. The normalized spacial score (nSPS) is 17.9. The van der Waals surface area contributed by atoms with Gasteiger partial charge in [0.15, 0.2) is 0 Å². The number of aryl methyl sites for hydroxylation is 2. The van der Waals surface area contributed by atoms with E-state index in [1.54, 1.807) is 12.1 Å². The number of nitrogens with one attached hydrogen (secondary N) is 1. The summed E-state index contributed by atoms with van der Waals surface area (Å²) in [6.45, 7) is 4.36. The van der Waals surface area contributed by atoms with Crippen molar-refractivity contribution in [2.75, 3.05) is 25.5 Å². The number of carbonyl (C=O) groups is 1. The van der Waals surface area contributed by atoms with E-state index in [-0.39, 0.29) is 23.3 Å². The summed E-state index contributed by atoms with van der Waals surface area (Å²) < 4.78 is 33.1. The summed E-state index contributed by atoms with van der Waals surface area (Å²) in [6.07, 6.45) is 1.30. The zero-order valence-electron chi connectivity index (χ0n) is 16.4. The number of ether oxygens (including phenoxy) is 1. The largest absolute Gasteiger partial charge is 0.495 e. The average molecular weight is 403 g/mol. The molecule has 0 spiro atoms. The predicted octanol–water partition coefficient (Wildman–Crippen LogP) is 3.35. The van der Waals surface area contributed by atoms with Crippen molar-refractivity contribution >= 4 is 21.6 Å². The molecule has 1 fully saturated rings. The Balaban J connectivity index is 1.79. The number of hydrogen-bond acceptors (Lipinski definition) is 4. The molecule has 2 aromatic rings. The van der Waals surface area contributed by atoms with E-state index in [0.717, 1.165) is 16.8 Å². The molecule has 1 aliphatic rings. The topological polar surface area (TPSA) is 75.7 Å². The first-order chi connectivity index (χ1) is 13.3. The highest BCUT2D eigenvalue weighted by molar-refractivity contribution is 7.89. The highest BCUT2D eigenvalue weighted by atomic mass is 32.2. The maximum Gasteiger partial charge on any atom is 0.246 e. The van der Waals surface area contributed by atoms with Gasteiger partial charge in [-0.2, -0.15) is 4.31 Å². The van der Waals surface area contributed by atoms with E-state index in [1.165, 1.54) is 11.4 Å². The van der Waals surface area contributed by atoms with Crippen molar-refractivity contribution in [3.8, 4) is 5.75 Å². The minimum Gasteiger partial charge on any atom is -0.495 e. The molecule has 0 aliphatic carbocycles. The molecular formula is C21H26N2O4S. The molecule has 0 saturated carbocycles. The van der Waals surface area contributed by atoms with Crippen LogP contribution in [0.25, 0.3) is 0 Å². The summed E-state index contributed by atoms with van der Waals surface area (Å²) in [4.78, 5) is 12.9. The third-order valence-corrected chi connectivity index (χ3v) is 6.86. The first-order valence-electron chi connectivity index (χ1n) is 9.33. The third kappa shape index (κ3) is 4.36. The summed E-state index contributed by atoms with van der Waals surface area (Å²) in [6, 6.07) is 12.7. The molecule has 1 saturated heterocycles. The molecule has 150 valence electrons. The van der Waals surface area contributed by atoms with E-state index < -0.39 is 10.0 Å². The fourth-order valence-corrected chi connectivity index (χ4v) is 5.23. The summed E-state index contributed by atoms with van der Waals surface area (Å²) >= 11 is 0. The van der Waals surface area contributed by atoms with Gasteiger partial charge in [0.2, 0.25) is 15.9 Å². The van der Waals surface area contributed by atoms with Crippen LogP contribution in [0, 0.1) is 19.8 Å². The molecule has 1 aliphatic heterocycles. The standard InChI is InChI=1S/C21H26N2O4S/c1-15-6-4-8-18(12-15)22-21(24)17-7-5-11-23(14-17)28(25,26)20-13-16(2)9-10-19(20)27-3/h4,6,8-10,12-13,17H,5,7,11,14H2,1-3H3,(H,22,24)/t17-/m1/s1. The maximum atomic E-state index is 13.2. The molecule has 1 amide bonds. The van der Waals surface area contributed by atoms with Gasteiger partial charge in [0, 0.05) is 18.8 Å². The first-order valence-corrected chi connectivity index (χ1v) is 10.8. The molecule has 28 heavy (non-hydrogen) atoms. The fraction of sp³-hybridized carbons (Fsp3) is 0.381. The number of rotatable bonds is 5. The Bertz CT molecular complexity index is 972. The molecule has 1 heterocycles. The minimum atomic E-state index is -3.74. The van der Waals surface area contributed by atoms with Crippen molar-refractivity contribution < 1.29 is 17.9 Å². The number of benzene rings is 2. The second kappa shape index (κ2) is 8.32. The van der Waals surface area contributed by atoms with Gasteiger partial charge in [-0.3, -0.25) is 4.79 Å². The van der Waals surface area contributed by atoms with E-state index in [9.17, 15) is 13.2 Å². The van der Waals surface area contributed by atoms with Crippen LogP contribution in [0.2, 0.25) is 0 Å². The second-order valence-electron chi connectivity index (χ2n) is 7.22. The number of methoxy groups -OCH3 is 1. The van der Waals surface area contributed by atoms with Crippen molar-refractivity contribution in [3.63, 3.8) is 0 Å². The molecule has 6 nitrogen and oxygen atoms in total. The highest BCUT2D eigenvalue weighted by Crippen LogP contribution is 2.31. The summed E-state index contributed by atoms with van der Waals surface area (Å²) in [5.74, 6) is -0.224. The van der Waals surface area contributed by atoms with Crippen LogP contribution in [-0.2, 0) is 14.8 Å². The molecule has 7 heteroatoms. The van der Waals surface area contributed by atoms with Crippen molar-refractivity contribution in [2.45, 2.75) is 31.6 Å². The molecule has 0 bridgehead atoms. The zero-order chi connectivity index (χ0) is 20.3. The number of anilines is 1. The number of carbonyl (C=O) groups excluding carboxylic acids is 1. The maximum absolute atomic E-state index is 13.2. The molecule has 1 N–H and O–H groups in total. The van der Waals surface area contributed by atoms with Gasteiger partial charge in [0.25, 0.3) is 0 Å². The Morgan fingerprint density at radius 3 is 2.61 bits per heavy atom. The molecule has 1 atom stereocenters. The van der Waals surface area contributed by atoms with Crippen LogP contribution in [0.5, 0.6) is 5.75 Å². The number of piperidine rings is 1. The van der Waals surface area contributed by atoms with Gasteiger partial charge >= 0.3 is 0 Å². The van der Waals surface area contributed by atoms with E-state index in [4.69, 9.17) is 4.74 Å². The average Bonchev–Trinajstić information content (AvgIpc) is 2.68. The highest BCUT2D eigenvalue weighted by Gasteiger charge is 2.34. The van der Waals surface area contributed by atoms with Gasteiger partial charge < -0.3 is 10.1 Å². The van der Waals surface area contributed by atoms with Gasteiger partial charge in [-0.1, -0.05) is 18.2 Å². The second-order valence-corrected chi connectivity index (χ2v) is 9.12. The Morgan fingerprint density at radius 1 is 1.14 bits per heavy atom. The van der Waals surface area contributed by atoms with Gasteiger partial charge in [-0.25, -0.2) is 8.42 Å². The Hall–Kier alpha value is -2.38. The fourth-order valence-electron chi connectivity index (χ4n) is 3.47. The van der Waals surface area contributed by atoms with Crippen LogP contribution in [-0.4, -0.2) is 38.8 Å².